The van der Waals surface area contributed by atoms with E-state index in [1.54, 1.807) is 47.4 Å². The number of rotatable bonds is 13. The predicted octanol–water partition coefficient (Wildman–Crippen LogP) is 5.31. The molecule has 0 saturated carbocycles. The van der Waals surface area contributed by atoms with E-state index in [1.165, 1.54) is 7.11 Å². The number of nitrogens with zero attached hydrogens (tertiary/aromatic N) is 4. The molecular weight excluding hydrogens is 909 g/mol. The van der Waals surface area contributed by atoms with Crippen molar-refractivity contribution in [2.45, 2.75) is 42.6 Å². The van der Waals surface area contributed by atoms with E-state index < -0.39 is 59.4 Å². The summed E-state index contributed by atoms with van der Waals surface area (Å²) < 4.78 is 34.6. The minimum atomic E-state index is -2.01. The summed E-state index contributed by atoms with van der Waals surface area (Å²) >= 11 is 0. The quantitative estimate of drug-likeness (QED) is 0.0882. The van der Waals surface area contributed by atoms with Crippen LogP contribution in [0.25, 0.3) is 0 Å². The molecule has 6 unspecified atom stereocenters. The molecule has 0 radical (unpaired) electrons. The molecule has 2 N–H and O–H groups in total. The number of carbonyl (C=O) groups is 4. The Kier molecular flexibility index (Phi) is 13.8. The number of aliphatic hydroxyl groups excluding tert-OH is 2. The highest BCUT2D eigenvalue weighted by Gasteiger charge is 2.76. The Hall–Kier alpha value is -7.26. The van der Waals surface area contributed by atoms with Crippen LogP contribution in [0.3, 0.4) is 0 Å². The Labute approximate surface area is 411 Å². The fourth-order valence-corrected chi connectivity index (χ4v) is 11.0. The zero-order valence-electron chi connectivity index (χ0n) is 39.2. The summed E-state index contributed by atoms with van der Waals surface area (Å²) in [5.74, 6) is 4.51. The van der Waals surface area contributed by atoms with Crippen LogP contribution in [-0.4, -0.2) is 128 Å². The summed E-state index contributed by atoms with van der Waals surface area (Å²) in [5, 5.41) is 19.3. The molecule has 0 aromatic heterocycles. The maximum Gasteiger partial charge on any atom is 0.421 e. The maximum absolute atomic E-state index is 16.5. The molecule has 3 fully saturated rings. The monoisotopic (exact) mass is 962 g/mol. The topological polar surface area (TPSA) is 177 Å². The van der Waals surface area contributed by atoms with Gasteiger partial charge in [-0.15, -0.1) is 0 Å². The minimum Gasteiger partial charge on any atom is -0.491 e. The van der Waals surface area contributed by atoms with E-state index in [-0.39, 0.29) is 65.0 Å². The van der Waals surface area contributed by atoms with Gasteiger partial charge in [0.2, 0.25) is 18.6 Å². The number of anilines is 1. The number of amides is 3. The van der Waals surface area contributed by atoms with Gasteiger partial charge in [0.05, 0.1) is 43.5 Å². The van der Waals surface area contributed by atoms with E-state index in [1.807, 2.05) is 83.8 Å². The smallest absolute Gasteiger partial charge is 0.421 e. The molecule has 5 heterocycles. The molecule has 0 bridgehead atoms. The highest BCUT2D eigenvalue weighted by Crippen LogP contribution is 2.66. The van der Waals surface area contributed by atoms with Crippen LogP contribution in [0, 0.1) is 17.8 Å². The summed E-state index contributed by atoms with van der Waals surface area (Å²) in [6.07, 6.45) is -1.71. The summed E-state index contributed by atoms with van der Waals surface area (Å²) in [6, 6.07) is 33.6. The van der Waals surface area contributed by atoms with E-state index in [9.17, 15) is 15.0 Å². The third-order valence-electron chi connectivity index (χ3n) is 14.0. The number of morpholine rings is 1. The van der Waals surface area contributed by atoms with Gasteiger partial charge in [0.25, 0.3) is 0 Å². The van der Waals surface area contributed by atoms with Crippen LogP contribution in [0.1, 0.15) is 58.0 Å². The standard InChI is InChI=1S/C55H54N4O12/c1-66-30-31-68-54(65)58-43-21-15-36(10-8-9-27-60)32-42(43)55(53(58)64)46(51(62)57-25-23-56(24-26-57)34-37-16-22-44-45(33-37)70-35-69-44)48-52(63)71-49(39-13-6-3-7-14-39)47(38-11-4-2-5-12-38)59(48)50(55)40-17-19-41(20-18-40)67-29-28-61/h2-7,11-22,32-33,46-50,60-61H,9,23-31,34-35H2,1H3. The molecule has 3 amide bonds. The van der Waals surface area contributed by atoms with Gasteiger partial charge in [-0.2, -0.15) is 0 Å². The number of hydrogen-bond acceptors (Lipinski definition) is 14. The van der Waals surface area contributed by atoms with Gasteiger partial charge in [-0.3, -0.25) is 24.2 Å². The normalized spacial score (nSPS) is 23.5. The molecule has 6 atom stereocenters. The van der Waals surface area contributed by atoms with E-state index in [0.29, 0.717) is 59.1 Å². The third kappa shape index (κ3) is 8.74. The summed E-state index contributed by atoms with van der Waals surface area (Å²) in [5.41, 5.74) is 1.95. The summed E-state index contributed by atoms with van der Waals surface area (Å²) in [6.45, 7) is 1.78. The number of imide groups is 1. The number of piperazine rings is 1. The highest BCUT2D eigenvalue weighted by atomic mass is 16.7. The van der Waals surface area contributed by atoms with Crippen LogP contribution in [-0.2, 0) is 40.6 Å². The van der Waals surface area contributed by atoms with Crippen LogP contribution in [0.15, 0.2) is 121 Å². The van der Waals surface area contributed by atoms with Gasteiger partial charge in [-0.25, -0.2) is 9.69 Å². The first-order chi connectivity index (χ1) is 34.8. The first-order valence-electron chi connectivity index (χ1n) is 23.8. The van der Waals surface area contributed by atoms with E-state index in [0.717, 1.165) is 16.0 Å². The van der Waals surface area contributed by atoms with Crippen molar-refractivity contribution in [1.29, 1.82) is 0 Å². The van der Waals surface area contributed by atoms with Crippen molar-refractivity contribution in [3.63, 3.8) is 0 Å². The number of benzene rings is 5. The molecule has 16 heteroatoms. The third-order valence-corrected chi connectivity index (χ3v) is 14.0. The second-order valence-electron chi connectivity index (χ2n) is 18.0. The number of cyclic esters (lactones) is 1. The van der Waals surface area contributed by atoms with Crippen LogP contribution >= 0.6 is 0 Å². The number of hydrogen-bond donors (Lipinski definition) is 2. The van der Waals surface area contributed by atoms with Crippen LogP contribution in [0.2, 0.25) is 0 Å². The molecule has 0 aliphatic carbocycles. The SMILES string of the molecule is COCCOC(=O)N1C(=O)C2(c3cc(C#CCCO)ccc31)C(C(=O)N1CCN(Cc3ccc4c(c3)OCO4)CC1)C1C(=O)OC(c3ccccc3)C(c3ccccc3)N1C2c1ccc(OCCO)cc1. The van der Waals surface area contributed by atoms with E-state index >= 15 is 14.4 Å². The number of esters is 1. The van der Waals surface area contributed by atoms with E-state index in [4.69, 9.17) is 28.4 Å². The number of methoxy groups -OCH3 is 1. The van der Waals surface area contributed by atoms with Crippen LogP contribution in [0.5, 0.6) is 17.2 Å². The van der Waals surface area contributed by atoms with Gasteiger partial charge < -0.3 is 43.5 Å². The minimum absolute atomic E-state index is 0.0359. The predicted molar refractivity (Wildman–Crippen MR) is 257 cm³/mol. The fraction of sp³-hybridized carbons (Fsp3) is 0.345. The number of aliphatic hydroxyl groups is 2. The lowest BCUT2D eigenvalue weighted by Crippen LogP contribution is -2.59. The summed E-state index contributed by atoms with van der Waals surface area (Å²) in [4.78, 5) is 69.8. The van der Waals surface area contributed by atoms with Gasteiger partial charge in [-0.05, 0) is 70.3 Å². The Morgan fingerprint density at radius 3 is 2.21 bits per heavy atom. The Balaban J connectivity index is 1.18. The Morgan fingerprint density at radius 1 is 0.761 bits per heavy atom. The van der Waals surface area contributed by atoms with E-state index in [2.05, 4.69) is 16.7 Å². The van der Waals surface area contributed by atoms with Crippen molar-refractivity contribution in [3.05, 3.63) is 155 Å². The largest absolute Gasteiger partial charge is 0.491 e. The molecule has 71 heavy (non-hydrogen) atoms. The molecule has 366 valence electrons. The Morgan fingerprint density at radius 2 is 1.49 bits per heavy atom. The molecule has 5 aliphatic rings. The zero-order chi connectivity index (χ0) is 49.1. The van der Waals surface area contributed by atoms with Gasteiger partial charge in [0.1, 0.15) is 36.5 Å². The van der Waals surface area contributed by atoms with Crippen molar-refractivity contribution in [2.24, 2.45) is 5.92 Å². The van der Waals surface area contributed by atoms with Gasteiger partial charge >= 0.3 is 12.1 Å². The molecule has 10 rings (SSSR count). The Bertz CT molecular complexity index is 2830. The first-order valence-corrected chi connectivity index (χ1v) is 23.8. The number of carbonyl (C=O) groups excluding carboxylic acids is 4. The van der Waals surface area contributed by atoms with Crippen LogP contribution in [0.4, 0.5) is 10.5 Å². The summed E-state index contributed by atoms with van der Waals surface area (Å²) in [7, 11) is 1.47. The molecule has 5 aromatic rings. The zero-order valence-corrected chi connectivity index (χ0v) is 39.2. The number of fused-ring (bicyclic) bond motifs is 4. The average Bonchev–Trinajstić information content (AvgIpc) is 4.08. The molecule has 1 spiro atoms. The van der Waals surface area contributed by atoms with Gasteiger partial charge in [-0.1, -0.05) is 90.7 Å². The highest BCUT2D eigenvalue weighted by molar-refractivity contribution is 6.23. The maximum atomic E-state index is 16.5. The molecule has 16 nitrogen and oxygen atoms in total. The molecule has 5 aliphatic heterocycles. The van der Waals surface area contributed by atoms with Crippen molar-refractivity contribution in [1.82, 2.24) is 14.7 Å². The lowest BCUT2D eigenvalue weighted by Gasteiger charge is -2.46. The molecule has 3 saturated heterocycles. The molecule has 5 aromatic carbocycles. The second kappa shape index (κ2) is 20.6. The second-order valence-corrected chi connectivity index (χ2v) is 18.0. The van der Waals surface area contributed by atoms with Gasteiger partial charge in [0.15, 0.2) is 11.5 Å². The van der Waals surface area contributed by atoms with Crippen LogP contribution < -0.4 is 19.1 Å². The van der Waals surface area contributed by atoms with Gasteiger partial charge in [0, 0.05) is 51.8 Å². The lowest BCUT2D eigenvalue weighted by molar-refractivity contribution is -0.179. The lowest BCUT2D eigenvalue weighted by atomic mass is 9.65. The fourth-order valence-electron chi connectivity index (χ4n) is 11.0. The van der Waals surface area contributed by atoms with Crippen molar-refractivity contribution >= 4 is 29.6 Å². The molecular formula is C55H54N4O12. The first kappa shape index (κ1) is 47.4. The van der Waals surface area contributed by atoms with Crippen molar-refractivity contribution in [3.8, 4) is 29.1 Å². The van der Waals surface area contributed by atoms with Crippen molar-refractivity contribution < 1.29 is 57.8 Å². The average molecular weight is 963 g/mol. The van der Waals surface area contributed by atoms with Crippen molar-refractivity contribution in [2.75, 3.05) is 78.0 Å². The number of ether oxygens (including phenoxy) is 6.